The molecule has 1 aromatic heterocycles. The number of ether oxygens (including phenoxy) is 1. The number of hydrogen-bond donors (Lipinski definition) is 1. The average molecular weight is 373 g/mol. The van der Waals surface area contributed by atoms with E-state index in [1.165, 1.54) is 0 Å². The van der Waals surface area contributed by atoms with Crippen LogP contribution >= 0.6 is 11.6 Å². The number of halogens is 1. The lowest BCUT2D eigenvalue weighted by atomic mass is 9.87. The van der Waals surface area contributed by atoms with Gasteiger partial charge in [-0.05, 0) is 60.9 Å². The number of aryl methyl sites for hydroxylation is 2. The molecule has 138 valence electrons. The normalized spacial score (nSPS) is 16.2. The van der Waals surface area contributed by atoms with Crippen LogP contribution in [0, 0.1) is 12.8 Å². The highest BCUT2D eigenvalue weighted by atomic mass is 35.5. The SMILES string of the molecule is Cc1cc(CCC(=O)NC(c2cccnc2)C2CCOCC2)ccc1Cl. The summed E-state index contributed by atoms with van der Waals surface area (Å²) in [6.07, 6.45) is 6.68. The summed E-state index contributed by atoms with van der Waals surface area (Å²) in [5, 5.41) is 4.00. The number of nitrogens with one attached hydrogen (secondary N) is 1. The van der Waals surface area contributed by atoms with E-state index >= 15 is 0 Å². The van der Waals surface area contributed by atoms with E-state index in [9.17, 15) is 4.79 Å². The molecule has 1 aliphatic heterocycles. The van der Waals surface area contributed by atoms with Gasteiger partial charge in [-0.3, -0.25) is 9.78 Å². The third-order valence-electron chi connectivity index (χ3n) is 4.96. The summed E-state index contributed by atoms with van der Waals surface area (Å²) in [6, 6.07) is 9.88. The Morgan fingerprint density at radius 2 is 2.15 bits per heavy atom. The minimum absolute atomic E-state index is 0.00736. The molecule has 26 heavy (non-hydrogen) atoms. The van der Waals surface area contributed by atoms with Crippen LogP contribution in [0.4, 0.5) is 0 Å². The molecule has 0 saturated carbocycles. The second-order valence-corrected chi connectivity index (χ2v) is 7.27. The van der Waals surface area contributed by atoms with Crippen molar-refractivity contribution >= 4 is 17.5 Å². The Kier molecular flexibility index (Phi) is 6.64. The van der Waals surface area contributed by atoms with Crippen LogP contribution in [-0.2, 0) is 16.0 Å². The maximum atomic E-state index is 12.6. The summed E-state index contributed by atoms with van der Waals surface area (Å²) < 4.78 is 5.48. The first-order valence-electron chi connectivity index (χ1n) is 9.15. The Labute approximate surface area is 159 Å². The van der Waals surface area contributed by atoms with Gasteiger partial charge in [0, 0.05) is 37.1 Å². The first kappa shape index (κ1) is 18.9. The highest BCUT2D eigenvalue weighted by molar-refractivity contribution is 6.31. The largest absolute Gasteiger partial charge is 0.381 e. The molecule has 0 aliphatic carbocycles. The number of carbonyl (C=O) groups is 1. The second-order valence-electron chi connectivity index (χ2n) is 6.86. The van der Waals surface area contributed by atoms with Gasteiger partial charge in [-0.25, -0.2) is 0 Å². The van der Waals surface area contributed by atoms with E-state index in [4.69, 9.17) is 16.3 Å². The Morgan fingerprint density at radius 1 is 1.35 bits per heavy atom. The number of amides is 1. The molecule has 1 N–H and O–H groups in total. The van der Waals surface area contributed by atoms with E-state index in [1.807, 2.05) is 43.5 Å². The Bertz CT molecular complexity index is 730. The molecule has 2 aromatic rings. The van der Waals surface area contributed by atoms with Crippen molar-refractivity contribution in [3.63, 3.8) is 0 Å². The fourth-order valence-electron chi connectivity index (χ4n) is 3.45. The molecule has 1 unspecified atom stereocenters. The van der Waals surface area contributed by atoms with Crippen LogP contribution in [0.3, 0.4) is 0 Å². The van der Waals surface area contributed by atoms with Gasteiger partial charge < -0.3 is 10.1 Å². The van der Waals surface area contributed by atoms with Crippen molar-refractivity contribution in [2.24, 2.45) is 5.92 Å². The van der Waals surface area contributed by atoms with Crippen LogP contribution in [0.1, 0.15) is 42.0 Å². The first-order chi connectivity index (χ1) is 12.6. The van der Waals surface area contributed by atoms with E-state index in [-0.39, 0.29) is 11.9 Å². The predicted molar refractivity (Wildman–Crippen MR) is 103 cm³/mol. The van der Waals surface area contributed by atoms with Crippen LogP contribution in [0.25, 0.3) is 0 Å². The molecule has 1 aromatic carbocycles. The summed E-state index contributed by atoms with van der Waals surface area (Å²) >= 11 is 6.07. The van der Waals surface area contributed by atoms with Gasteiger partial charge in [0.15, 0.2) is 0 Å². The second kappa shape index (κ2) is 9.15. The molecule has 1 aliphatic rings. The lowest BCUT2D eigenvalue weighted by molar-refractivity contribution is -0.122. The van der Waals surface area contributed by atoms with Crippen molar-refractivity contribution in [2.75, 3.05) is 13.2 Å². The Balaban J connectivity index is 1.63. The fourth-order valence-corrected chi connectivity index (χ4v) is 3.57. The molecule has 1 saturated heterocycles. The topological polar surface area (TPSA) is 51.2 Å². The van der Waals surface area contributed by atoms with Crippen LogP contribution in [-0.4, -0.2) is 24.1 Å². The van der Waals surface area contributed by atoms with Gasteiger partial charge in [0.25, 0.3) is 0 Å². The summed E-state index contributed by atoms with van der Waals surface area (Å²) in [7, 11) is 0. The van der Waals surface area contributed by atoms with Crippen molar-refractivity contribution in [1.82, 2.24) is 10.3 Å². The molecule has 5 heteroatoms. The predicted octanol–water partition coefficient (Wildman–Crippen LogP) is 4.26. The summed E-state index contributed by atoms with van der Waals surface area (Å²) in [5.41, 5.74) is 3.24. The molecule has 1 atom stereocenters. The molecule has 0 bridgehead atoms. The third kappa shape index (κ3) is 5.05. The number of aromatic nitrogens is 1. The molecule has 1 amide bonds. The van der Waals surface area contributed by atoms with Gasteiger partial charge in [0.05, 0.1) is 6.04 Å². The van der Waals surface area contributed by atoms with E-state index in [0.717, 1.165) is 47.8 Å². The molecule has 0 spiro atoms. The Hall–Kier alpha value is -1.91. The number of nitrogens with zero attached hydrogens (tertiary/aromatic N) is 1. The van der Waals surface area contributed by atoms with Gasteiger partial charge in [0.1, 0.15) is 0 Å². The van der Waals surface area contributed by atoms with Crippen molar-refractivity contribution in [2.45, 2.75) is 38.6 Å². The van der Waals surface area contributed by atoms with E-state index in [1.54, 1.807) is 6.20 Å². The molecular formula is C21H25ClN2O2. The minimum atomic E-state index is -0.00736. The van der Waals surface area contributed by atoms with Gasteiger partial charge >= 0.3 is 0 Å². The highest BCUT2D eigenvalue weighted by Crippen LogP contribution is 2.30. The molecule has 3 rings (SSSR count). The number of pyridine rings is 1. The van der Waals surface area contributed by atoms with Crippen molar-refractivity contribution < 1.29 is 9.53 Å². The summed E-state index contributed by atoms with van der Waals surface area (Å²) in [5.74, 6) is 0.452. The van der Waals surface area contributed by atoms with Gasteiger partial charge in [-0.2, -0.15) is 0 Å². The van der Waals surface area contributed by atoms with Crippen LogP contribution in [0.5, 0.6) is 0 Å². The zero-order chi connectivity index (χ0) is 18.4. The monoisotopic (exact) mass is 372 g/mol. The van der Waals surface area contributed by atoms with E-state index in [0.29, 0.717) is 18.8 Å². The highest BCUT2D eigenvalue weighted by Gasteiger charge is 2.27. The number of rotatable bonds is 6. The maximum Gasteiger partial charge on any atom is 0.220 e. The van der Waals surface area contributed by atoms with Gasteiger partial charge in [-0.1, -0.05) is 29.8 Å². The standard InChI is InChI=1S/C21H25ClN2O2/c1-15-13-16(4-6-19(15)22)5-7-20(25)24-21(17-8-11-26-12-9-17)18-3-2-10-23-14-18/h2-4,6,10,13-14,17,21H,5,7-9,11-12H2,1H3,(H,24,25). The average Bonchev–Trinajstić information content (AvgIpc) is 2.68. The fraction of sp³-hybridized carbons (Fsp3) is 0.429. The van der Waals surface area contributed by atoms with E-state index < -0.39 is 0 Å². The number of benzene rings is 1. The van der Waals surface area contributed by atoms with Crippen LogP contribution < -0.4 is 5.32 Å². The van der Waals surface area contributed by atoms with Crippen LogP contribution in [0.2, 0.25) is 5.02 Å². The van der Waals surface area contributed by atoms with Crippen LogP contribution in [0.15, 0.2) is 42.7 Å². The minimum Gasteiger partial charge on any atom is -0.381 e. The zero-order valence-electron chi connectivity index (χ0n) is 15.1. The van der Waals surface area contributed by atoms with Gasteiger partial charge in [0.2, 0.25) is 5.91 Å². The quantitative estimate of drug-likeness (QED) is 0.824. The van der Waals surface area contributed by atoms with Crippen molar-refractivity contribution in [3.8, 4) is 0 Å². The van der Waals surface area contributed by atoms with Crippen molar-refractivity contribution in [1.29, 1.82) is 0 Å². The maximum absolute atomic E-state index is 12.6. The molecule has 0 radical (unpaired) electrons. The first-order valence-corrected chi connectivity index (χ1v) is 9.53. The summed E-state index contributed by atoms with van der Waals surface area (Å²) in [4.78, 5) is 16.8. The van der Waals surface area contributed by atoms with Gasteiger partial charge in [-0.15, -0.1) is 0 Å². The molecule has 2 heterocycles. The van der Waals surface area contributed by atoms with E-state index in [2.05, 4.69) is 10.3 Å². The van der Waals surface area contributed by atoms with Crippen molar-refractivity contribution in [3.05, 3.63) is 64.4 Å². The Morgan fingerprint density at radius 3 is 2.85 bits per heavy atom. The number of hydrogen-bond acceptors (Lipinski definition) is 3. The smallest absolute Gasteiger partial charge is 0.220 e. The molecule has 4 nitrogen and oxygen atoms in total. The molecular weight excluding hydrogens is 348 g/mol. The third-order valence-corrected chi connectivity index (χ3v) is 5.38. The zero-order valence-corrected chi connectivity index (χ0v) is 15.8. The lowest BCUT2D eigenvalue weighted by Gasteiger charge is -2.31. The lowest BCUT2D eigenvalue weighted by Crippen LogP contribution is -2.36. The summed E-state index contributed by atoms with van der Waals surface area (Å²) in [6.45, 7) is 3.48. The number of carbonyl (C=O) groups excluding carboxylic acids is 1. The molecule has 1 fully saturated rings.